The number of phenols is 2. The molecule has 0 spiro atoms. The number of anilines is 2. The van der Waals surface area contributed by atoms with Crippen LogP contribution in [0.3, 0.4) is 0 Å². The van der Waals surface area contributed by atoms with E-state index in [9.17, 15) is 34.5 Å². The topological polar surface area (TPSA) is 162 Å². The predicted octanol–water partition coefficient (Wildman–Crippen LogP) is 5.83. The number of aromatic carboxylic acids is 1. The molecule has 11 nitrogen and oxygen atoms in total. The van der Waals surface area contributed by atoms with Crippen molar-refractivity contribution >= 4 is 52.6 Å². The van der Waals surface area contributed by atoms with Gasteiger partial charge in [-0.15, -0.1) is 0 Å². The van der Waals surface area contributed by atoms with E-state index in [0.29, 0.717) is 21.7 Å². The van der Waals surface area contributed by atoms with Crippen LogP contribution < -0.4 is 14.5 Å². The van der Waals surface area contributed by atoms with Gasteiger partial charge in [-0.1, -0.05) is 71.8 Å². The maximum Gasteiger partial charge on any atom is 0.339 e. The molecular formula is C40H31ClN2O9. The molecule has 8 rings (SSSR count). The Hall–Kier alpha value is -5.94. The van der Waals surface area contributed by atoms with Crippen LogP contribution in [-0.4, -0.2) is 52.0 Å². The van der Waals surface area contributed by atoms with Crippen LogP contribution in [0.2, 0.25) is 5.02 Å². The van der Waals surface area contributed by atoms with E-state index in [0.717, 1.165) is 21.9 Å². The van der Waals surface area contributed by atoms with Gasteiger partial charge in [-0.2, -0.15) is 0 Å². The summed E-state index contributed by atoms with van der Waals surface area (Å²) >= 11 is 6.37. The molecule has 2 saturated heterocycles. The number of hydrogen-bond donors (Lipinski definition) is 3. The highest BCUT2D eigenvalue weighted by atomic mass is 35.5. The van der Waals surface area contributed by atoms with Gasteiger partial charge >= 0.3 is 5.97 Å². The first-order chi connectivity index (χ1) is 25.0. The molecule has 0 radical (unpaired) electrons. The number of amides is 4. The number of carbonyl (C=O) groups excluding carboxylic acids is 4. The van der Waals surface area contributed by atoms with Gasteiger partial charge in [-0.3, -0.25) is 19.2 Å². The largest absolute Gasteiger partial charge is 0.507 e. The van der Waals surface area contributed by atoms with Crippen molar-refractivity contribution in [2.24, 2.45) is 23.7 Å². The van der Waals surface area contributed by atoms with E-state index in [4.69, 9.17) is 16.3 Å². The Labute approximate surface area is 302 Å². The van der Waals surface area contributed by atoms with E-state index in [2.05, 4.69) is 0 Å². The van der Waals surface area contributed by atoms with Crippen molar-refractivity contribution in [3.63, 3.8) is 0 Å². The lowest BCUT2D eigenvalue weighted by Gasteiger charge is -2.50. The standard InChI is InChI=1S/C40H31ClN2O9/c1-52-31-12-6-11-27(34(31)45)33-24-15-16-26-32(37(48)42(35(26)46)23-13-14-25(38(49)50)30(44)18-23)28(24)19-29-36(47)43(22-10-5-9-21(41)17-22)39(51)40(29,33)20-7-3-2-4-8-20/h2-15,17-18,26,28-29,32-33,44-45H,16,19H2,1H3,(H,49,50)/t26-,28+,29-,32-,33+,40+/m0/s1. The highest BCUT2D eigenvalue weighted by Crippen LogP contribution is 2.65. The van der Waals surface area contributed by atoms with Crippen LogP contribution in [0.15, 0.2) is 103 Å². The average molecular weight is 719 g/mol. The van der Waals surface area contributed by atoms with E-state index in [1.165, 1.54) is 19.2 Å². The summed E-state index contributed by atoms with van der Waals surface area (Å²) in [6, 6.07) is 23.8. The summed E-state index contributed by atoms with van der Waals surface area (Å²) < 4.78 is 5.50. The fourth-order valence-corrected chi connectivity index (χ4v) is 9.30. The van der Waals surface area contributed by atoms with E-state index in [1.807, 2.05) is 6.08 Å². The lowest BCUT2D eigenvalue weighted by atomic mass is 9.49. The molecule has 3 fully saturated rings. The van der Waals surface area contributed by atoms with Crippen molar-refractivity contribution in [1.29, 1.82) is 0 Å². The number of nitrogens with zero attached hydrogens (tertiary/aromatic N) is 2. The Morgan fingerprint density at radius 1 is 0.827 bits per heavy atom. The molecule has 3 N–H and O–H groups in total. The molecule has 0 bridgehead atoms. The number of benzene rings is 4. The molecule has 2 aliphatic heterocycles. The number of allylic oxidation sites excluding steroid dienone is 2. The molecular weight excluding hydrogens is 688 g/mol. The van der Waals surface area contributed by atoms with Crippen LogP contribution >= 0.6 is 11.6 Å². The summed E-state index contributed by atoms with van der Waals surface area (Å²) in [5.41, 5.74) is -0.193. The van der Waals surface area contributed by atoms with Gasteiger partial charge in [0, 0.05) is 22.6 Å². The van der Waals surface area contributed by atoms with Gasteiger partial charge in [0.1, 0.15) is 11.3 Å². The van der Waals surface area contributed by atoms with Gasteiger partial charge in [0.2, 0.25) is 23.6 Å². The van der Waals surface area contributed by atoms with E-state index < -0.39 is 70.4 Å². The molecule has 52 heavy (non-hydrogen) atoms. The zero-order valence-electron chi connectivity index (χ0n) is 27.6. The van der Waals surface area contributed by atoms with Gasteiger partial charge in [0.25, 0.3) is 0 Å². The van der Waals surface area contributed by atoms with Crippen LogP contribution in [0.5, 0.6) is 17.2 Å². The third-order valence-corrected chi connectivity index (χ3v) is 11.4. The average Bonchev–Trinajstić information content (AvgIpc) is 3.52. The van der Waals surface area contributed by atoms with Crippen molar-refractivity contribution in [2.45, 2.75) is 24.2 Å². The first-order valence-corrected chi connectivity index (χ1v) is 17.1. The van der Waals surface area contributed by atoms with E-state index in [-0.39, 0.29) is 41.3 Å². The molecule has 6 atom stereocenters. The van der Waals surface area contributed by atoms with Gasteiger partial charge in [-0.05, 0) is 60.7 Å². The molecule has 0 aromatic heterocycles. The summed E-state index contributed by atoms with van der Waals surface area (Å²) in [4.78, 5) is 72.4. The number of para-hydroxylation sites is 1. The van der Waals surface area contributed by atoms with E-state index in [1.54, 1.807) is 66.7 Å². The molecule has 4 aromatic carbocycles. The van der Waals surface area contributed by atoms with Gasteiger partial charge in [-0.25, -0.2) is 14.6 Å². The number of fused-ring (bicyclic) bond motifs is 4. The Morgan fingerprint density at radius 2 is 1.56 bits per heavy atom. The maximum atomic E-state index is 15.3. The monoisotopic (exact) mass is 718 g/mol. The van der Waals surface area contributed by atoms with Crippen LogP contribution in [-0.2, 0) is 24.6 Å². The number of aromatic hydroxyl groups is 2. The molecule has 0 unspecified atom stereocenters. The smallest absolute Gasteiger partial charge is 0.339 e. The van der Waals surface area contributed by atoms with Gasteiger partial charge in [0.05, 0.1) is 41.7 Å². The highest BCUT2D eigenvalue weighted by molar-refractivity contribution is 6.32. The molecule has 262 valence electrons. The van der Waals surface area contributed by atoms with Crippen molar-refractivity contribution in [3.05, 3.63) is 124 Å². The second-order valence-electron chi connectivity index (χ2n) is 13.5. The summed E-state index contributed by atoms with van der Waals surface area (Å²) in [6.07, 6.45) is 2.00. The van der Waals surface area contributed by atoms with Gasteiger partial charge < -0.3 is 20.1 Å². The van der Waals surface area contributed by atoms with Crippen molar-refractivity contribution in [3.8, 4) is 17.2 Å². The summed E-state index contributed by atoms with van der Waals surface area (Å²) in [7, 11) is 1.41. The highest BCUT2D eigenvalue weighted by Gasteiger charge is 2.70. The zero-order valence-corrected chi connectivity index (χ0v) is 28.4. The zero-order chi connectivity index (χ0) is 36.6. The number of carboxylic acids is 1. The van der Waals surface area contributed by atoms with Crippen molar-refractivity contribution in [2.75, 3.05) is 16.9 Å². The van der Waals surface area contributed by atoms with Crippen LogP contribution in [0.4, 0.5) is 11.4 Å². The summed E-state index contributed by atoms with van der Waals surface area (Å²) in [6.45, 7) is 0. The minimum Gasteiger partial charge on any atom is -0.507 e. The van der Waals surface area contributed by atoms with Crippen LogP contribution in [0.25, 0.3) is 0 Å². The fourth-order valence-electron chi connectivity index (χ4n) is 9.12. The quantitative estimate of drug-likeness (QED) is 0.165. The van der Waals surface area contributed by atoms with Crippen molar-refractivity contribution in [1.82, 2.24) is 0 Å². The Bertz CT molecular complexity index is 2250. The minimum atomic E-state index is -1.59. The number of halogens is 1. The minimum absolute atomic E-state index is 0.0177. The maximum absolute atomic E-state index is 15.3. The molecule has 2 heterocycles. The lowest BCUT2D eigenvalue weighted by Crippen LogP contribution is -2.53. The molecule has 4 amide bonds. The first kappa shape index (κ1) is 33.2. The first-order valence-electron chi connectivity index (χ1n) is 16.7. The number of carbonyl (C=O) groups is 5. The SMILES string of the molecule is COc1cccc([C@H]2C3=CC[C@@H]4C(=O)N(c5ccc(C(=O)O)c(O)c5)C(=O)[C@@H]4[C@@H]3C[C@H]3C(=O)N(c4cccc(Cl)c4)C(=O)[C@@]23c2ccccc2)c1O. The Balaban J connectivity index is 1.34. The summed E-state index contributed by atoms with van der Waals surface area (Å²) in [5, 5.41) is 31.9. The van der Waals surface area contributed by atoms with E-state index >= 15 is 4.79 Å². The second kappa shape index (κ2) is 12.1. The van der Waals surface area contributed by atoms with Crippen molar-refractivity contribution < 1.29 is 44.0 Å². The Kier molecular flexibility index (Phi) is 7.72. The predicted molar refractivity (Wildman–Crippen MR) is 188 cm³/mol. The van der Waals surface area contributed by atoms with Crippen LogP contribution in [0.1, 0.15) is 40.2 Å². The molecule has 2 aliphatic carbocycles. The molecule has 12 heteroatoms. The Morgan fingerprint density at radius 3 is 2.25 bits per heavy atom. The number of rotatable bonds is 6. The number of carboxylic acid groups (broad SMARTS) is 1. The number of methoxy groups -OCH3 is 1. The fraction of sp³-hybridized carbons (Fsp3) is 0.225. The number of imide groups is 2. The molecule has 4 aromatic rings. The second-order valence-corrected chi connectivity index (χ2v) is 13.9. The van der Waals surface area contributed by atoms with Gasteiger partial charge in [0.15, 0.2) is 11.5 Å². The molecule has 4 aliphatic rings. The molecule has 1 saturated carbocycles. The normalized spacial score (nSPS) is 26.5. The number of ether oxygens (including phenoxy) is 1. The lowest BCUT2D eigenvalue weighted by molar-refractivity contribution is -0.127. The van der Waals surface area contributed by atoms with Crippen LogP contribution in [0, 0.1) is 23.7 Å². The number of hydrogen-bond acceptors (Lipinski definition) is 8. The third-order valence-electron chi connectivity index (χ3n) is 11.2. The summed E-state index contributed by atoms with van der Waals surface area (Å²) in [5.74, 6) is -8.71. The number of phenolic OH excluding ortho intramolecular Hbond substituents is 1. The third kappa shape index (κ3) is 4.55.